The topological polar surface area (TPSA) is 41.1 Å². The zero-order valence-corrected chi connectivity index (χ0v) is 12.6. The fourth-order valence-electron chi connectivity index (χ4n) is 2.26. The van der Waals surface area contributed by atoms with Gasteiger partial charge < -0.3 is 10.2 Å². The highest BCUT2D eigenvalue weighted by atomic mass is 35.5. The first-order valence-electron chi connectivity index (χ1n) is 6.02. The number of hydrogen-bond acceptors (Lipinski definition) is 5. The standard InChI is InChI=1S/C12H20N4S.ClH/c1-16(8-10-3-4-13-7-10)9-11-12(17-2)15-6-5-14-11;/h5-6,10,13H,3-4,7-9H2,1-2H3;1H. The number of halogens is 1. The van der Waals surface area contributed by atoms with Crippen molar-refractivity contribution in [2.45, 2.75) is 18.0 Å². The molecule has 1 aliphatic heterocycles. The largest absolute Gasteiger partial charge is 0.316 e. The van der Waals surface area contributed by atoms with Crippen molar-refractivity contribution in [2.24, 2.45) is 5.92 Å². The lowest BCUT2D eigenvalue weighted by Gasteiger charge is -2.20. The van der Waals surface area contributed by atoms with Gasteiger partial charge in [0.25, 0.3) is 0 Å². The highest BCUT2D eigenvalue weighted by molar-refractivity contribution is 7.98. The molecule has 0 aliphatic carbocycles. The zero-order chi connectivity index (χ0) is 12.1. The lowest BCUT2D eigenvalue weighted by Crippen LogP contribution is -2.27. The molecule has 1 aromatic rings. The Morgan fingerprint density at radius 3 is 2.89 bits per heavy atom. The lowest BCUT2D eigenvalue weighted by atomic mass is 10.1. The van der Waals surface area contributed by atoms with Crippen molar-refractivity contribution in [2.75, 3.05) is 32.9 Å². The molecule has 18 heavy (non-hydrogen) atoms. The van der Waals surface area contributed by atoms with Crippen LogP contribution in [-0.4, -0.2) is 47.8 Å². The predicted molar refractivity (Wildman–Crippen MR) is 78.4 cm³/mol. The molecular weight excluding hydrogens is 268 g/mol. The maximum atomic E-state index is 4.42. The van der Waals surface area contributed by atoms with Crippen molar-refractivity contribution < 1.29 is 0 Å². The zero-order valence-electron chi connectivity index (χ0n) is 10.9. The van der Waals surface area contributed by atoms with E-state index in [-0.39, 0.29) is 12.4 Å². The predicted octanol–water partition coefficient (Wildman–Crippen LogP) is 1.66. The first-order valence-corrected chi connectivity index (χ1v) is 7.25. The normalized spacial score (nSPS) is 18.9. The van der Waals surface area contributed by atoms with Crippen LogP contribution in [0.1, 0.15) is 12.1 Å². The third kappa shape index (κ3) is 4.39. The van der Waals surface area contributed by atoms with Gasteiger partial charge in [-0.15, -0.1) is 24.2 Å². The van der Waals surface area contributed by atoms with E-state index < -0.39 is 0 Å². The molecule has 1 aromatic heterocycles. The summed E-state index contributed by atoms with van der Waals surface area (Å²) in [6.45, 7) is 4.35. The number of hydrogen-bond donors (Lipinski definition) is 1. The van der Waals surface area contributed by atoms with Gasteiger partial charge in [0.15, 0.2) is 0 Å². The Balaban J connectivity index is 0.00000162. The second-order valence-electron chi connectivity index (χ2n) is 4.57. The fraction of sp³-hybridized carbons (Fsp3) is 0.667. The van der Waals surface area contributed by atoms with Crippen LogP contribution in [0, 0.1) is 5.92 Å². The van der Waals surface area contributed by atoms with Gasteiger partial charge >= 0.3 is 0 Å². The van der Waals surface area contributed by atoms with Crippen molar-refractivity contribution in [1.82, 2.24) is 20.2 Å². The number of thioether (sulfide) groups is 1. The van der Waals surface area contributed by atoms with E-state index in [2.05, 4.69) is 33.5 Å². The molecule has 0 saturated carbocycles. The molecule has 2 rings (SSSR count). The third-order valence-corrected chi connectivity index (χ3v) is 3.81. The Kier molecular flexibility index (Phi) is 6.92. The molecule has 1 saturated heterocycles. The van der Waals surface area contributed by atoms with E-state index >= 15 is 0 Å². The van der Waals surface area contributed by atoms with Crippen LogP contribution in [0.15, 0.2) is 17.4 Å². The van der Waals surface area contributed by atoms with E-state index in [0.29, 0.717) is 0 Å². The van der Waals surface area contributed by atoms with Gasteiger partial charge in [0.05, 0.1) is 5.69 Å². The van der Waals surface area contributed by atoms with Crippen LogP contribution >= 0.6 is 24.2 Å². The Morgan fingerprint density at radius 1 is 1.44 bits per heavy atom. The van der Waals surface area contributed by atoms with Crippen LogP contribution < -0.4 is 5.32 Å². The minimum atomic E-state index is 0. The van der Waals surface area contributed by atoms with E-state index in [0.717, 1.165) is 36.3 Å². The summed E-state index contributed by atoms with van der Waals surface area (Å²) < 4.78 is 0. The summed E-state index contributed by atoms with van der Waals surface area (Å²) in [4.78, 5) is 11.1. The number of nitrogens with one attached hydrogen (secondary N) is 1. The molecule has 0 radical (unpaired) electrons. The third-order valence-electron chi connectivity index (χ3n) is 3.08. The van der Waals surface area contributed by atoms with E-state index in [1.807, 2.05) is 0 Å². The maximum absolute atomic E-state index is 4.42. The van der Waals surface area contributed by atoms with Crippen LogP contribution in [0.5, 0.6) is 0 Å². The monoisotopic (exact) mass is 288 g/mol. The van der Waals surface area contributed by atoms with Gasteiger partial charge in [-0.2, -0.15) is 0 Å². The molecule has 0 spiro atoms. The second-order valence-corrected chi connectivity index (χ2v) is 5.36. The average molecular weight is 289 g/mol. The van der Waals surface area contributed by atoms with Crippen molar-refractivity contribution >= 4 is 24.2 Å². The highest BCUT2D eigenvalue weighted by Gasteiger charge is 2.17. The highest BCUT2D eigenvalue weighted by Crippen LogP contribution is 2.17. The minimum absolute atomic E-state index is 0. The van der Waals surface area contributed by atoms with Gasteiger partial charge in [-0.3, -0.25) is 4.98 Å². The van der Waals surface area contributed by atoms with Crippen LogP contribution in [0.4, 0.5) is 0 Å². The van der Waals surface area contributed by atoms with Crippen LogP contribution in [0.3, 0.4) is 0 Å². The fourth-order valence-corrected chi connectivity index (χ4v) is 2.78. The van der Waals surface area contributed by atoms with Gasteiger partial charge in [-0.1, -0.05) is 0 Å². The molecule has 102 valence electrons. The molecule has 1 fully saturated rings. The molecule has 6 heteroatoms. The van der Waals surface area contributed by atoms with Crippen molar-refractivity contribution in [3.63, 3.8) is 0 Å². The quantitative estimate of drug-likeness (QED) is 0.835. The van der Waals surface area contributed by atoms with E-state index in [4.69, 9.17) is 0 Å². The Labute approximate surface area is 119 Å². The first-order chi connectivity index (χ1) is 8.29. The summed E-state index contributed by atoms with van der Waals surface area (Å²) in [5.41, 5.74) is 1.09. The van der Waals surface area contributed by atoms with Crippen molar-refractivity contribution in [3.8, 4) is 0 Å². The van der Waals surface area contributed by atoms with Gasteiger partial charge in [0.2, 0.25) is 0 Å². The van der Waals surface area contributed by atoms with Gasteiger partial charge in [0.1, 0.15) is 5.03 Å². The van der Waals surface area contributed by atoms with Crippen molar-refractivity contribution in [1.29, 1.82) is 0 Å². The van der Waals surface area contributed by atoms with Gasteiger partial charge in [0, 0.05) is 25.5 Å². The molecule has 1 aliphatic rings. The molecule has 1 atom stereocenters. The number of aromatic nitrogens is 2. The van der Waals surface area contributed by atoms with E-state index in [9.17, 15) is 0 Å². The van der Waals surface area contributed by atoms with E-state index in [1.165, 1.54) is 13.0 Å². The molecular formula is C12H21ClN4S. The van der Waals surface area contributed by atoms with E-state index in [1.54, 1.807) is 24.2 Å². The summed E-state index contributed by atoms with van der Waals surface area (Å²) in [6, 6.07) is 0. The van der Waals surface area contributed by atoms with Crippen LogP contribution in [0.25, 0.3) is 0 Å². The molecule has 2 heterocycles. The maximum Gasteiger partial charge on any atom is 0.119 e. The average Bonchev–Trinajstić information content (AvgIpc) is 2.82. The first kappa shape index (κ1) is 15.7. The Bertz CT molecular complexity index is 358. The molecule has 0 bridgehead atoms. The summed E-state index contributed by atoms with van der Waals surface area (Å²) in [6.07, 6.45) is 6.88. The van der Waals surface area contributed by atoms with Crippen LogP contribution in [0.2, 0.25) is 0 Å². The number of nitrogens with zero attached hydrogens (tertiary/aromatic N) is 3. The molecule has 0 aromatic carbocycles. The SMILES string of the molecule is CSc1nccnc1CN(C)CC1CCNC1.Cl. The summed E-state index contributed by atoms with van der Waals surface area (Å²) in [5.74, 6) is 0.786. The summed E-state index contributed by atoms with van der Waals surface area (Å²) >= 11 is 1.67. The summed E-state index contributed by atoms with van der Waals surface area (Å²) in [5, 5.41) is 4.45. The van der Waals surface area contributed by atoms with Gasteiger partial charge in [-0.25, -0.2) is 4.98 Å². The van der Waals surface area contributed by atoms with Crippen molar-refractivity contribution in [3.05, 3.63) is 18.1 Å². The molecule has 1 N–H and O–H groups in total. The van der Waals surface area contributed by atoms with Gasteiger partial charge in [-0.05, 0) is 38.7 Å². The number of rotatable bonds is 5. The smallest absolute Gasteiger partial charge is 0.119 e. The summed E-state index contributed by atoms with van der Waals surface area (Å²) in [7, 11) is 2.16. The van der Waals surface area contributed by atoms with Crippen LogP contribution in [-0.2, 0) is 6.54 Å². The molecule has 1 unspecified atom stereocenters. The lowest BCUT2D eigenvalue weighted by molar-refractivity contribution is 0.273. The Morgan fingerprint density at radius 2 is 2.22 bits per heavy atom. The molecule has 0 amide bonds. The molecule has 4 nitrogen and oxygen atoms in total. The second kappa shape index (κ2) is 7.94. The Hall–Kier alpha value is -0.360. The minimum Gasteiger partial charge on any atom is -0.316 e.